The maximum Gasteiger partial charge on any atom is 0.0847 e. The van der Waals surface area contributed by atoms with Gasteiger partial charge in [0.2, 0.25) is 0 Å². The van der Waals surface area contributed by atoms with E-state index in [0.29, 0.717) is 6.42 Å². The Labute approximate surface area is 129 Å². The molecule has 5 heteroatoms. The maximum atomic E-state index is 6.39. The predicted octanol–water partition coefficient (Wildman–Crippen LogP) is 3.83. The van der Waals surface area contributed by atoms with Gasteiger partial charge in [-0.1, -0.05) is 29.8 Å². The van der Waals surface area contributed by atoms with Gasteiger partial charge in [0.15, 0.2) is 0 Å². The summed E-state index contributed by atoms with van der Waals surface area (Å²) in [6.07, 6.45) is 2.77. The minimum absolute atomic E-state index is 0.0717. The molecule has 0 saturated carbocycles. The maximum absolute atomic E-state index is 6.39. The molecule has 2 rings (SSSR count). The second kappa shape index (κ2) is 6.66. The third kappa shape index (κ3) is 3.03. The van der Waals surface area contributed by atoms with E-state index in [4.69, 9.17) is 17.3 Å². The molecule has 0 aliphatic heterocycles. The number of aromatic nitrogens is 2. The summed E-state index contributed by atoms with van der Waals surface area (Å²) in [5, 5.41) is 5.18. The van der Waals surface area contributed by atoms with Gasteiger partial charge >= 0.3 is 0 Å². The Morgan fingerprint density at radius 1 is 1.40 bits per heavy atom. The van der Waals surface area contributed by atoms with Crippen LogP contribution in [0, 0.1) is 6.92 Å². The first-order chi connectivity index (χ1) is 9.58. The van der Waals surface area contributed by atoms with E-state index in [1.165, 1.54) is 4.90 Å². The van der Waals surface area contributed by atoms with Crippen molar-refractivity contribution in [3.05, 3.63) is 46.2 Å². The molecular weight excluding hydrogens is 290 g/mol. The second-order valence-electron chi connectivity index (χ2n) is 4.71. The molecule has 1 atom stereocenters. The normalized spacial score (nSPS) is 12.7. The van der Waals surface area contributed by atoms with Crippen molar-refractivity contribution in [2.45, 2.75) is 37.8 Å². The molecule has 2 aromatic rings. The Bertz CT molecular complexity index is 595. The molecule has 1 unspecified atom stereocenters. The molecule has 0 fully saturated rings. The van der Waals surface area contributed by atoms with Crippen LogP contribution in [0.3, 0.4) is 0 Å². The number of nitrogens with zero attached hydrogens (tertiary/aromatic N) is 2. The van der Waals surface area contributed by atoms with E-state index < -0.39 is 0 Å². The van der Waals surface area contributed by atoms with Crippen LogP contribution in [0.2, 0.25) is 5.02 Å². The quantitative estimate of drug-likeness (QED) is 0.854. The van der Waals surface area contributed by atoms with E-state index >= 15 is 0 Å². The van der Waals surface area contributed by atoms with Gasteiger partial charge in [-0.25, -0.2) is 0 Å². The monoisotopic (exact) mass is 309 g/mol. The number of thioether (sulfide) groups is 1. The Kier molecular flexibility index (Phi) is 5.13. The highest BCUT2D eigenvalue weighted by atomic mass is 35.5. The molecule has 0 amide bonds. The molecule has 0 aliphatic carbocycles. The van der Waals surface area contributed by atoms with Crippen LogP contribution in [0.25, 0.3) is 0 Å². The van der Waals surface area contributed by atoms with Gasteiger partial charge in [-0.05, 0) is 31.7 Å². The molecule has 0 bridgehead atoms. The second-order valence-corrected chi connectivity index (χ2v) is 5.94. The van der Waals surface area contributed by atoms with Crippen molar-refractivity contribution < 1.29 is 0 Å². The lowest BCUT2D eigenvalue weighted by atomic mass is 10.0. The van der Waals surface area contributed by atoms with Gasteiger partial charge in [0, 0.05) is 23.9 Å². The first kappa shape index (κ1) is 15.4. The zero-order valence-electron chi connectivity index (χ0n) is 12.1. The van der Waals surface area contributed by atoms with E-state index in [1.807, 2.05) is 23.7 Å². The minimum atomic E-state index is -0.0717. The highest BCUT2D eigenvalue weighted by molar-refractivity contribution is 7.98. The number of halogens is 1. The van der Waals surface area contributed by atoms with Crippen molar-refractivity contribution in [1.82, 2.24) is 9.78 Å². The first-order valence-corrected chi connectivity index (χ1v) is 8.29. The summed E-state index contributed by atoms with van der Waals surface area (Å²) in [5.41, 5.74) is 9.45. The van der Waals surface area contributed by atoms with Gasteiger partial charge in [-0.2, -0.15) is 5.10 Å². The molecule has 1 heterocycles. The summed E-state index contributed by atoms with van der Waals surface area (Å²) < 4.78 is 1.94. The van der Waals surface area contributed by atoms with Crippen LogP contribution in [0.1, 0.15) is 29.9 Å². The average molecular weight is 310 g/mol. The standard InChI is InChI=1S/C15H20ClN3S/c1-4-19-13(15(16)10(2)18-19)9-12(17)11-7-5-6-8-14(11)20-3/h5-8,12H,4,9,17H2,1-3H3. The lowest BCUT2D eigenvalue weighted by Gasteiger charge is -2.16. The van der Waals surface area contributed by atoms with Crippen LogP contribution < -0.4 is 5.73 Å². The number of hydrogen-bond acceptors (Lipinski definition) is 3. The fourth-order valence-corrected chi connectivity index (χ4v) is 3.24. The fraction of sp³-hybridized carbons (Fsp3) is 0.400. The van der Waals surface area contributed by atoms with E-state index in [-0.39, 0.29) is 6.04 Å². The summed E-state index contributed by atoms with van der Waals surface area (Å²) in [6, 6.07) is 8.18. The smallest absolute Gasteiger partial charge is 0.0847 e. The minimum Gasteiger partial charge on any atom is -0.324 e. The molecule has 1 aromatic carbocycles. The molecule has 0 saturated heterocycles. The van der Waals surface area contributed by atoms with Gasteiger partial charge in [0.1, 0.15) is 0 Å². The van der Waals surface area contributed by atoms with Crippen molar-refractivity contribution in [2.24, 2.45) is 5.73 Å². The molecular formula is C15H20ClN3S. The van der Waals surface area contributed by atoms with Crippen molar-refractivity contribution in [3.8, 4) is 0 Å². The van der Waals surface area contributed by atoms with Crippen molar-refractivity contribution >= 4 is 23.4 Å². The first-order valence-electron chi connectivity index (χ1n) is 6.68. The van der Waals surface area contributed by atoms with Crippen molar-refractivity contribution in [1.29, 1.82) is 0 Å². The molecule has 2 N–H and O–H groups in total. The predicted molar refractivity (Wildman–Crippen MR) is 86.5 cm³/mol. The van der Waals surface area contributed by atoms with E-state index in [2.05, 4.69) is 30.4 Å². The molecule has 108 valence electrons. The van der Waals surface area contributed by atoms with Crippen LogP contribution in [-0.2, 0) is 13.0 Å². The summed E-state index contributed by atoms with van der Waals surface area (Å²) >= 11 is 8.07. The largest absolute Gasteiger partial charge is 0.324 e. The molecule has 0 spiro atoms. The number of benzene rings is 1. The number of hydrogen-bond donors (Lipinski definition) is 1. The van der Waals surface area contributed by atoms with Crippen molar-refractivity contribution in [3.63, 3.8) is 0 Å². The lowest BCUT2D eigenvalue weighted by molar-refractivity contribution is 0.584. The van der Waals surface area contributed by atoms with Gasteiger partial charge in [-0.3, -0.25) is 4.68 Å². The molecule has 0 radical (unpaired) electrons. The number of rotatable bonds is 5. The Morgan fingerprint density at radius 2 is 2.10 bits per heavy atom. The average Bonchev–Trinajstić information content (AvgIpc) is 2.74. The lowest BCUT2D eigenvalue weighted by Crippen LogP contribution is -2.17. The molecule has 3 nitrogen and oxygen atoms in total. The zero-order valence-corrected chi connectivity index (χ0v) is 13.6. The van der Waals surface area contributed by atoms with E-state index in [9.17, 15) is 0 Å². The van der Waals surface area contributed by atoms with Crippen LogP contribution in [0.5, 0.6) is 0 Å². The summed E-state index contributed by atoms with van der Waals surface area (Å²) in [6.45, 7) is 4.80. The number of aryl methyl sites for hydroxylation is 2. The zero-order chi connectivity index (χ0) is 14.7. The van der Waals surface area contributed by atoms with Gasteiger partial charge in [0.05, 0.1) is 16.4 Å². The van der Waals surface area contributed by atoms with Crippen LogP contribution in [-0.4, -0.2) is 16.0 Å². The Hall–Kier alpha value is -0.970. The fourth-order valence-electron chi connectivity index (χ4n) is 2.36. The van der Waals surface area contributed by atoms with Gasteiger partial charge in [-0.15, -0.1) is 11.8 Å². The van der Waals surface area contributed by atoms with Crippen LogP contribution >= 0.6 is 23.4 Å². The molecule has 20 heavy (non-hydrogen) atoms. The highest BCUT2D eigenvalue weighted by Gasteiger charge is 2.18. The van der Waals surface area contributed by atoms with E-state index in [0.717, 1.165) is 28.5 Å². The van der Waals surface area contributed by atoms with E-state index in [1.54, 1.807) is 11.8 Å². The topological polar surface area (TPSA) is 43.8 Å². The Morgan fingerprint density at radius 3 is 2.75 bits per heavy atom. The Balaban J connectivity index is 2.30. The molecule has 0 aliphatic rings. The summed E-state index contributed by atoms with van der Waals surface area (Å²) in [5.74, 6) is 0. The summed E-state index contributed by atoms with van der Waals surface area (Å²) in [4.78, 5) is 1.22. The third-order valence-electron chi connectivity index (χ3n) is 3.40. The highest BCUT2D eigenvalue weighted by Crippen LogP contribution is 2.29. The SMILES string of the molecule is CCn1nc(C)c(Cl)c1CC(N)c1ccccc1SC. The van der Waals surface area contributed by atoms with Gasteiger partial charge in [0.25, 0.3) is 0 Å². The van der Waals surface area contributed by atoms with Crippen LogP contribution in [0.4, 0.5) is 0 Å². The number of nitrogens with two attached hydrogens (primary N) is 1. The van der Waals surface area contributed by atoms with Crippen molar-refractivity contribution in [2.75, 3.05) is 6.26 Å². The summed E-state index contributed by atoms with van der Waals surface area (Å²) in [7, 11) is 0. The molecule has 1 aromatic heterocycles. The third-order valence-corrected chi connectivity index (χ3v) is 4.71. The van der Waals surface area contributed by atoms with Gasteiger partial charge < -0.3 is 5.73 Å². The van der Waals surface area contributed by atoms with Crippen LogP contribution in [0.15, 0.2) is 29.2 Å².